The highest BCUT2D eigenvalue weighted by molar-refractivity contribution is 6.14. The summed E-state index contributed by atoms with van der Waals surface area (Å²) in [5.41, 5.74) is 6.69. The molecule has 0 amide bonds. The van der Waals surface area contributed by atoms with Crippen molar-refractivity contribution in [2.24, 2.45) is 0 Å². The Morgan fingerprint density at radius 2 is 1.06 bits per heavy atom. The Bertz CT molecular complexity index is 3380. The van der Waals surface area contributed by atoms with Crippen molar-refractivity contribution in [1.82, 2.24) is 19.5 Å². The minimum absolute atomic E-state index is 0.0572. The molecule has 0 saturated carbocycles. The van der Waals surface area contributed by atoms with Crippen LogP contribution < -0.4 is 0 Å². The first-order valence-electron chi connectivity index (χ1n) is 19.0. The summed E-state index contributed by atoms with van der Waals surface area (Å²) in [4.78, 5) is 14.6. The highest BCUT2D eigenvalue weighted by Crippen LogP contribution is 2.41. The molecule has 51 heavy (non-hydrogen) atoms. The van der Waals surface area contributed by atoms with Crippen LogP contribution >= 0.6 is 0 Å². The largest absolute Gasteiger partial charge is 0.456 e. The fraction of sp³-hybridized carbons (Fsp3) is 0. The molecule has 6 heteroatoms. The molecule has 0 aliphatic rings. The lowest BCUT2D eigenvalue weighted by atomic mass is 10.1. The number of benzene rings is 7. The zero-order chi connectivity index (χ0) is 37.8. The number of para-hydroxylation sites is 5. The van der Waals surface area contributed by atoms with Gasteiger partial charge in [-0.2, -0.15) is 0 Å². The molecule has 7 aromatic carbocycles. The number of nitrogens with zero attached hydrogens (tertiary/aromatic N) is 4. The van der Waals surface area contributed by atoms with Crippen molar-refractivity contribution in [3.05, 3.63) is 158 Å². The molecular formula is C45H26N4O2. The normalized spacial score (nSPS) is 13.3. The van der Waals surface area contributed by atoms with Crippen LogP contribution in [0.4, 0.5) is 0 Å². The third-order valence-electron chi connectivity index (χ3n) is 9.56. The van der Waals surface area contributed by atoms with E-state index >= 15 is 0 Å². The molecule has 4 aromatic heterocycles. The quantitative estimate of drug-likeness (QED) is 0.188. The van der Waals surface area contributed by atoms with Crippen molar-refractivity contribution in [1.29, 1.82) is 0 Å². The summed E-state index contributed by atoms with van der Waals surface area (Å²) >= 11 is 0. The van der Waals surface area contributed by atoms with E-state index in [1.54, 1.807) is 0 Å². The van der Waals surface area contributed by atoms with Gasteiger partial charge in [0, 0.05) is 43.4 Å². The lowest BCUT2D eigenvalue weighted by molar-refractivity contribution is 0.667. The molecule has 0 aliphatic carbocycles. The lowest BCUT2D eigenvalue weighted by Crippen LogP contribution is -2.00. The first kappa shape index (κ1) is 23.3. The van der Waals surface area contributed by atoms with Crippen LogP contribution in [0.3, 0.4) is 0 Å². The molecular weight excluding hydrogens is 629 g/mol. The van der Waals surface area contributed by atoms with E-state index in [1.165, 1.54) is 0 Å². The van der Waals surface area contributed by atoms with Crippen LogP contribution in [0, 0.1) is 0 Å². The summed E-state index contributed by atoms with van der Waals surface area (Å²) in [5, 5.41) is 5.81. The predicted octanol–water partition coefficient (Wildman–Crippen LogP) is 11.8. The van der Waals surface area contributed by atoms with Gasteiger partial charge in [-0.1, -0.05) is 109 Å². The van der Waals surface area contributed by atoms with E-state index in [9.17, 15) is 0 Å². The number of fused-ring (bicyclic) bond motifs is 9. The monoisotopic (exact) mass is 659 g/mol. The Kier molecular flexibility index (Phi) is 4.91. The maximum Gasteiger partial charge on any atom is 0.167 e. The van der Waals surface area contributed by atoms with Gasteiger partial charge in [0.05, 0.1) is 29.1 Å². The molecule has 11 rings (SSSR count). The van der Waals surface area contributed by atoms with Crippen molar-refractivity contribution in [2.45, 2.75) is 0 Å². The van der Waals surface area contributed by atoms with Crippen LogP contribution in [0.1, 0.15) is 6.85 Å². The van der Waals surface area contributed by atoms with Crippen LogP contribution in [0.2, 0.25) is 0 Å². The number of hydrogen-bond acceptors (Lipinski definition) is 5. The summed E-state index contributed by atoms with van der Waals surface area (Å²) in [5.74, 6) is 0.415. The summed E-state index contributed by atoms with van der Waals surface area (Å²) < 4.78 is 57.8. The van der Waals surface area contributed by atoms with Gasteiger partial charge in [0.15, 0.2) is 23.1 Å². The van der Waals surface area contributed by atoms with E-state index in [1.807, 2.05) is 97.1 Å². The second kappa shape index (κ2) is 10.7. The van der Waals surface area contributed by atoms with Crippen molar-refractivity contribution in [3.63, 3.8) is 0 Å². The smallest absolute Gasteiger partial charge is 0.167 e. The van der Waals surface area contributed by atoms with Gasteiger partial charge in [0.25, 0.3) is 0 Å². The Hall–Kier alpha value is -7.05. The fourth-order valence-electron chi connectivity index (χ4n) is 7.30. The lowest BCUT2D eigenvalue weighted by Gasteiger charge is -2.09. The number of aromatic nitrogens is 4. The molecule has 0 bridgehead atoms. The van der Waals surface area contributed by atoms with Crippen LogP contribution in [-0.2, 0) is 0 Å². The Morgan fingerprint density at radius 3 is 1.84 bits per heavy atom. The molecule has 4 heterocycles. The molecule has 0 radical (unpaired) electrons. The first-order chi connectivity index (χ1) is 27.4. The van der Waals surface area contributed by atoms with Gasteiger partial charge in [0.2, 0.25) is 0 Å². The molecule has 0 unspecified atom stereocenters. The van der Waals surface area contributed by atoms with Crippen molar-refractivity contribution in [3.8, 4) is 39.9 Å². The van der Waals surface area contributed by atoms with Gasteiger partial charge in [-0.25, -0.2) is 15.0 Å². The third-order valence-corrected chi connectivity index (χ3v) is 9.56. The Labute approximate surface area is 297 Å². The SMILES string of the molecule is [2H]c1c([2H])c([2H])c(-c2nc(-c3ccc4oc5ccccc5c4c3)nc(-c3cccc4c3oc3c(-n5c6ccccc6c6ccccc65)cccc34)n2)c([2H])c1[2H]. The van der Waals surface area contributed by atoms with Crippen LogP contribution in [0.15, 0.2) is 166 Å². The molecule has 0 fully saturated rings. The minimum atomic E-state index is -0.498. The minimum Gasteiger partial charge on any atom is -0.456 e. The molecule has 0 aliphatic heterocycles. The molecule has 11 aromatic rings. The van der Waals surface area contributed by atoms with Gasteiger partial charge in [-0.15, -0.1) is 0 Å². The average Bonchev–Trinajstić information content (AvgIpc) is 3.92. The zero-order valence-electron chi connectivity index (χ0n) is 31.7. The topological polar surface area (TPSA) is 69.9 Å². The highest BCUT2D eigenvalue weighted by atomic mass is 16.3. The first-order valence-corrected chi connectivity index (χ1v) is 16.5. The van der Waals surface area contributed by atoms with E-state index in [4.69, 9.17) is 30.6 Å². The number of hydrogen-bond donors (Lipinski definition) is 0. The highest BCUT2D eigenvalue weighted by Gasteiger charge is 2.21. The molecule has 0 atom stereocenters. The molecule has 0 saturated heterocycles. The average molecular weight is 660 g/mol. The third kappa shape index (κ3) is 4.20. The van der Waals surface area contributed by atoms with Gasteiger partial charge in [-0.3, -0.25) is 0 Å². The van der Waals surface area contributed by atoms with E-state index in [0.717, 1.165) is 54.6 Å². The zero-order valence-corrected chi connectivity index (χ0v) is 26.7. The summed E-state index contributed by atoms with van der Waals surface area (Å²) in [6.45, 7) is 0. The maximum absolute atomic E-state index is 8.81. The fourth-order valence-corrected chi connectivity index (χ4v) is 7.30. The van der Waals surface area contributed by atoms with Crippen molar-refractivity contribution < 1.29 is 15.7 Å². The van der Waals surface area contributed by atoms with Gasteiger partial charge in [-0.05, 0) is 48.5 Å². The van der Waals surface area contributed by atoms with Gasteiger partial charge >= 0.3 is 0 Å². The number of furan rings is 2. The maximum atomic E-state index is 8.81. The molecule has 0 N–H and O–H groups in total. The second-order valence-corrected chi connectivity index (χ2v) is 12.4. The second-order valence-electron chi connectivity index (χ2n) is 12.4. The Morgan fingerprint density at radius 1 is 0.451 bits per heavy atom. The van der Waals surface area contributed by atoms with E-state index in [2.05, 4.69) is 34.9 Å². The van der Waals surface area contributed by atoms with Crippen LogP contribution in [0.25, 0.3) is 106 Å². The van der Waals surface area contributed by atoms with Crippen LogP contribution in [-0.4, -0.2) is 19.5 Å². The van der Waals surface area contributed by atoms with Crippen molar-refractivity contribution >= 4 is 65.7 Å². The molecule has 0 spiro atoms. The van der Waals surface area contributed by atoms with E-state index in [-0.39, 0.29) is 23.0 Å². The molecule has 238 valence electrons. The Balaban J connectivity index is 1.18. The standard InChI is InChI=1S/C45H26N4O2/c1-2-12-27(13-3-1)43-46-44(28-24-25-40-35(26-28)31-16-6-9-23-39(31)50-40)48-45(47-43)34-19-10-17-32-33-18-11-22-38(42(33)51-41(32)34)49-36-20-7-4-14-29(36)30-15-5-8-21-37(30)49/h1-26H/i1D,2D,3D,12D,13D. The van der Waals surface area contributed by atoms with Gasteiger partial charge < -0.3 is 13.4 Å². The summed E-state index contributed by atoms with van der Waals surface area (Å²) in [7, 11) is 0. The number of rotatable bonds is 4. The van der Waals surface area contributed by atoms with E-state index < -0.39 is 30.2 Å². The van der Waals surface area contributed by atoms with E-state index in [0.29, 0.717) is 27.9 Å². The van der Waals surface area contributed by atoms with Crippen LogP contribution in [0.5, 0.6) is 0 Å². The molecule has 6 nitrogen and oxygen atoms in total. The summed E-state index contributed by atoms with van der Waals surface area (Å²) in [6, 6.07) is 39.6. The summed E-state index contributed by atoms with van der Waals surface area (Å²) in [6.07, 6.45) is 0. The van der Waals surface area contributed by atoms with Crippen molar-refractivity contribution in [2.75, 3.05) is 0 Å². The predicted molar refractivity (Wildman–Crippen MR) is 205 cm³/mol. The van der Waals surface area contributed by atoms with Gasteiger partial charge in [0.1, 0.15) is 16.7 Å².